The summed E-state index contributed by atoms with van der Waals surface area (Å²) in [6, 6.07) is 16.6. The molecular formula is C17H22N4O3S. The van der Waals surface area contributed by atoms with E-state index in [9.17, 15) is 10.0 Å². The van der Waals surface area contributed by atoms with E-state index in [1.165, 1.54) is 7.11 Å². The summed E-state index contributed by atoms with van der Waals surface area (Å²) in [6.45, 7) is 1.92. The van der Waals surface area contributed by atoms with Crippen LogP contribution in [-0.4, -0.2) is 29.0 Å². The molecule has 0 heterocycles. The molecule has 134 valence electrons. The van der Waals surface area contributed by atoms with Crippen LogP contribution in [0.25, 0.3) is 0 Å². The molecule has 0 saturated heterocycles. The van der Waals surface area contributed by atoms with E-state index in [4.69, 9.17) is 4.74 Å². The number of carbonyl (C=O) groups is 1. The Morgan fingerprint density at radius 1 is 1.20 bits per heavy atom. The van der Waals surface area contributed by atoms with Crippen molar-refractivity contribution in [1.82, 2.24) is 14.6 Å². The maximum atomic E-state index is 11.9. The molecule has 2 amide bonds. The minimum absolute atomic E-state index is 0.0441. The van der Waals surface area contributed by atoms with Crippen LogP contribution in [0.5, 0.6) is 5.75 Å². The Morgan fingerprint density at radius 3 is 2.60 bits per heavy atom. The number of para-hydroxylation sites is 2. The summed E-state index contributed by atoms with van der Waals surface area (Å²) in [4.78, 5) is 11.9. The third kappa shape index (κ3) is 6.54. The Balaban J connectivity index is 1.73. The van der Waals surface area contributed by atoms with E-state index in [1.807, 2.05) is 43.3 Å². The van der Waals surface area contributed by atoms with Crippen LogP contribution in [0.4, 0.5) is 10.5 Å². The minimum atomic E-state index is -0.394. The van der Waals surface area contributed by atoms with Gasteiger partial charge in [0.25, 0.3) is 0 Å². The Bertz CT molecular complexity index is 672. The van der Waals surface area contributed by atoms with E-state index in [2.05, 4.69) is 15.5 Å². The van der Waals surface area contributed by atoms with Crippen molar-refractivity contribution in [2.75, 3.05) is 12.5 Å². The average molecular weight is 362 g/mol. The SMILES string of the molecule is COc1ccccc1NN(O)SNC(=O)NC(C)Cc1ccccc1. The van der Waals surface area contributed by atoms with Crippen molar-refractivity contribution in [1.29, 1.82) is 0 Å². The first kappa shape index (κ1) is 18.9. The molecule has 2 aromatic carbocycles. The maximum Gasteiger partial charge on any atom is 0.326 e. The maximum absolute atomic E-state index is 11.9. The Kier molecular flexibility index (Phi) is 7.39. The first-order chi connectivity index (χ1) is 12.1. The summed E-state index contributed by atoms with van der Waals surface area (Å²) in [5.74, 6) is 0.572. The fraction of sp³-hybridized carbons (Fsp3) is 0.235. The molecule has 25 heavy (non-hydrogen) atoms. The van der Waals surface area contributed by atoms with Gasteiger partial charge in [-0.1, -0.05) is 42.5 Å². The molecule has 0 radical (unpaired) electrons. The Morgan fingerprint density at radius 2 is 1.88 bits per heavy atom. The van der Waals surface area contributed by atoms with E-state index in [0.29, 0.717) is 28.1 Å². The topological polar surface area (TPSA) is 85.9 Å². The highest BCUT2D eigenvalue weighted by Crippen LogP contribution is 2.24. The van der Waals surface area contributed by atoms with E-state index < -0.39 is 6.03 Å². The molecule has 0 fully saturated rings. The molecule has 0 aromatic heterocycles. The zero-order chi connectivity index (χ0) is 18.1. The van der Waals surface area contributed by atoms with Gasteiger partial charge in [-0.05, 0) is 35.6 Å². The molecular weight excluding hydrogens is 340 g/mol. The summed E-state index contributed by atoms with van der Waals surface area (Å²) in [5.41, 5.74) is 4.41. The number of hydrogen-bond acceptors (Lipinski definition) is 6. The first-order valence-corrected chi connectivity index (χ1v) is 8.52. The van der Waals surface area contributed by atoms with Gasteiger partial charge >= 0.3 is 6.03 Å². The van der Waals surface area contributed by atoms with Crippen LogP contribution in [0.3, 0.4) is 0 Å². The summed E-state index contributed by atoms with van der Waals surface area (Å²) >= 11 is 0.707. The van der Waals surface area contributed by atoms with Gasteiger partial charge < -0.3 is 10.1 Å². The molecule has 0 aliphatic rings. The zero-order valence-corrected chi connectivity index (χ0v) is 14.9. The largest absolute Gasteiger partial charge is 0.495 e. The highest BCUT2D eigenvalue weighted by molar-refractivity contribution is 7.95. The highest BCUT2D eigenvalue weighted by atomic mass is 32.2. The second-order valence-electron chi connectivity index (χ2n) is 5.34. The minimum Gasteiger partial charge on any atom is -0.495 e. The van der Waals surface area contributed by atoms with Crippen LogP contribution in [0, 0.1) is 0 Å². The Labute approximate surface area is 151 Å². The van der Waals surface area contributed by atoms with Gasteiger partial charge in [-0.15, -0.1) is 0 Å². The average Bonchev–Trinajstić information content (AvgIpc) is 2.61. The first-order valence-electron chi connectivity index (χ1n) is 7.74. The van der Waals surface area contributed by atoms with Gasteiger partial charge in [-0.3, -0.25) is 15.4 Å². The molecule has 2 rings (SSSR count). The van der Waals surface area contributed by atoms with Gasteiger partial charge in [-0.2, -0.15) is 0 Å². The molecule has 0 aliphatic heterocycles. The van der Waals surface area contributed by atoms with Crippen molar-refractivity contribution in [3.05, 3.63) is 60.2 Å². The second kappa shape index (κ2) is 9.77. The van der Waals surface area contributed by atoms with Crippen LogP contribution in [0.2, 0.25) is 0 Å². The van der Waals surface area contributed by atoms with Gasteiger partial charge in [0.2, 0.25) is 0 Å². The lowest BCUT2D eigenvalue weighted by Gasteiger charge is -2.19. The van der Waals surface area contributed by atoms with Gasteiger partial charge in [-0.25, -0.2) is 4.79 Å². The number of ether oxygens (including phenoxy) is 1. The van der Waals surface area contributed by atoms with E-state index in [1.54, 1.807) is 18.2 Å². The molecule has 8 heteroatoms. The third-order valence-corrected chi connectivity index (χ3v) is 3.85. The van der Waals surface area contributed by atoms with Crippen molar-refractivity contribution in [3.63, 3.8) is 0 Å². The molecule has 0 aliphatic carbocycles. The zero-order valence-electron chi connectivity index (χ0n) is 14.1. The van der Waals surface area contributed by atoms with Gasteiger partial charge in [0.1, 0.15) is 5.75 Å². The third-order valence-electron chi connectivity index (χ3n) is 3.31. The fourth-order valence-electron chi connectivity index (χ4n) is 2.22. The lowest BCUT2D eigenvalue weighted by Crippen LogP contribution is -2.40. The number of hydrogen-bond donors (Lipinski definition) is 4. The molecule has 4 N–H and O–H groups in total. The van der Waals surface area contributed by atoms with Gasteiger partial charge in [0.05, 0.1) is 24.9 Å². The van der Waals surface area contributed by atoms with E-state index in [0.717, 1.165) is 12.0 Å². The smallest absolute Gasteiger partial charge is 0.326 e. The summed E-state index contributed by atoms with van der Waals surface area (Å²) in [6.07, 6.45) is 0.723. The van der Waals surface area contributed by atoms with Crippen molar-refractivity contribution in [2.45, 2.75) is 19.4 Å². The number of anilines is 1. The van der Waals surface area contributed by atoms with Crippen LogP contribution in [-0.2, 0) is 6.42 Å². The predicted octanol–water partition coefficient (Wildman–Crippen LogP) is 3.21. The number of amides is 2. The summed E-state index contributed by atoms with van der Waals surface area (Å²) < 4.78 is 8.36. The van der Waals surface area contributed by atoms with Crippen molar-refractivity contribution >= 4 is 23.9 Å². The molecule has 0 saturated carbocycles. The summed E-state index contributed by atoms with van der Waals surface area (Å²) in [5, 5.41) is 12.6. The number of rotatable bonds is 8. The normalized spacial score (nSPS) is 11.7. The van der Waals surface area contributed by atoms with E-state index >= 15 is 0 Å². The van der Waals surface area contributed by atoms with Gasteiger partial charge in [0, 0.05) is 6.04 Å². The lowest BCUT2D eigenvalue weighted by atomic mass is 10.1. The molecule has 1 atom stereocenters. The molecule has 0 bridgehead atoms. The second-order valence-corrected chi connectivity index (χ2v) is 6.08. The molecule has 2 aromatic rings. The lowest BCUT2D eigenvalue weighted by molar-refractivity contribution is 0.0427. The number of carbonyl (C=O) groups excluding carboxylic acids is 1. The monoisotopic (exact) mass is 362 g/mol. The predicted molar refractivity (Wildman–Crippen MR) is 99.1 cm³/mol. The molecule has 0 spiro atoms. The molecule has 1 unspecified atom stereocenters. The fourth-order valence-corrected chi connectivity index (χ4v) is 2.59. The van der Waals surface area contributed by atoms with Crippen molar-refractivity contribution in [3.8, 4) is 5.75 Å². The van der Waals surface area contributed by atoms with Crippen LogP contribution < -0.4 is 20.2 Å². The van der Waals surface area contributed by atoms with E-state index in [-0.39, 0.29) is 6.04 Å². The number of urea groups is 1. The number of nitrogens with one attached hydrogen (secondary N) is 3. The Hall–Kier alpha value is -2.42. The highest BCUT2D eigenvalue weighted by Gasteiger charge is 2.11. The van der Waals surface area contributed by atoms with Crippen LogP contribution in [0.15, 0.2) is 54.6 Å². The summed E-state index contributed by atoms with van der Waals surface area (Å²) in [7, 11) is 1.54. The van der Waals surface area contributed by atoms with Crippen LogP contribution in [0.1, 0.15) is 12.5 Å². The number of nitrogens with zero attached hydrogens (tertiary/aromatic N) is 1. The number of hydrazine groups is 1. The van der Waals surface area contributed by atoms with Crippen LogP contribution >= 0.6 is 12.1 Å². The standard InChI is InChI=1S/C17H22N4O3S/c1-13(12-14-8-4-3-5-9-14)18-17(22)20-25-21(23)19-15-10-6-7-11-16(15)24-2/h3-11,13,19,23H,12H2,1-2H3,(H2,18,20,22). The quantitative estimate of drug-likeness (QED) is 0.426. The molecule has 7 nitrogen and oxygen atoms in total. The van der Waals surface area contributed by atoms with Crippen molar-refractivity contribution < 1.29 is 14.7 Å². The number of benzene rings is 2. The van der Waals surface area contributed by atoms with Gasteiger partial charge in [0.15, 0.2) is 0 Å². The van der Waals surface area contributed by atoms with Crippen molar-refractivity contribution in [2.24, 2.45) is 0 Å². The number of methoxy groups -OCH3 is 1.